The molecule has 4 nitrogen and oxygen atoms in total. The Labute approximate surface area is 85.0 Å². The van der Waals surface area contributed by atoms with Gasteiger partial charge >= 0.3 is 0 Å². The molecule has 0 aromatic heterocycles. The van der Waals surface area contributed by atoms with Crippen molar-refractivity contribution in [2.45, 2.75) is 31.0 Å². The van der Waals surface area contributed by atoms with Gasteiger partial charge in [-0.15, -0.1) is 0 Å². The largest absolute Gasteiger partial charge is 0.328 e. The highest BCUT2D eigenvalue weighted by Crippen LogP contribution is 2.25. The average Bonchev–Trinajstić information content (AvgIpc) is 2.14. The normalized spacial score (nSPS) is 40.6. The van der Waals surface area contributed by atoms with Gasteiger partial charge in [-0.25, -0.2) is 0 Å². The molecule has 1 heterocycles. The lowest BCUT2D eigenvalue weighted by molar-refractivity contribution is -0.114. The fraction of sp³-hybridized carbons (Fsp3) is 0.900. The quantitative estimate of drug-likeness (QED) is 0.594. The van der Waals surface area contributed by atoms with Crippen LogP contribution in [0.4, 0.5) is 0 Å². The zero-order valence-electron chi connectivity index (χ0n) is 8.72. The van der Waals surface area contributed by atoms with Gasteiger partial charge in [-0.05, 0) is 19.9 Å². The summed E-state index contributed by atoms with van der Waals surface area (Å²) in [6.07, 6.45) is 3.27. The Morgan fingerprint density at radius 2 is 2.07 bits per heavy atom. The van der Waals surface area contributed by atoms with Crippen molar-refractivity contribution in [2.24, 2.45) is 5.73 Å². The van der Waals surface area contributed by atoms with E-state index < -0.39 is 0 Å². The highest BCUT2D eigenvalue weighted by molar-refractivity contribution is 5.58. The maximum absolute atomic E-state index is 10.8. The second-order valence-corrected chi connectivity index (χ2v) is 4.56. The van der Waals surface area contributed by atoms with Crippen molar-refractivity contribution in [1.29, 1.82) is 0 Å². The van der Waals surface area contributed by atoms with Gasteiger partial charge in [-0.1, -0.05) is 0 Å². The molecule has 14 heavy (non-hydrogen) atoms. The van der Waals surface area contributed by atoms with Gasteiger partial charge in [0.1, 0.15) is 6.29 Å². The van der Waals surface area contributed by atoms with Crippen molar-refractivity contribution < 1.29 is 4.79 Å². The van der Waals surface area contributed by atoms with Gasteiger partial charge in [0.05, 0.1) is 6.04 Å². The Morgan fingerprint density at radius 3 is 2.64 bits per heavy atom. The maximum Gasteiger partial charge on any atom is 0.138 e. The number of nitrogens with zero attached hydrogens (tertiary/aromatic N) is 2. The van der Waals surface area contributed by atoms with Crippen LogP contribution >= 0.6 is 0 Å². The predicted octanol–water partition coefficient (Wildman–Crippen LogP) is -0.709. The third-order valence-electron chi connectivity index (χ3n) is 3.55. The molecule has 0 aromatic carbocycles. The molecule has 1 atom stereocenters. The number of hydrogen-bond acceptors (Lipinski definition) is 4. The Bertz CT molecular complexity index is 215. The van der Waals surface area contributed by atoms with E-state index in [0.717, 1.165) is 38.8 Å². The lowest BCUT2D eigenvalue weighted by Gasteiger charge is -2.46. The Balaban J connectivity index is 1.86. The molecule has 0 amide bonds. The van der Waals surface area contributed by atoms with E-state index in [0.29, 0.717) is 12.1 Å². The molecule has 0 bridgehead atoms. The SMILES string of the molecule is CN1CCN(C2CC(N)C2)CC1C=O. The van der Waals surface area contributed by atoms with Gasteiger partial charge < -0.3 is 10.5 Å². The van der Waals surface area contributed by atoms with Crippen LogP contribution in [0.25, 0.3) is 0 Å². The Hall–Kier alpha value is -0.450. The minimum atomic E-state index is 0.0839. The summed E-state index contributed by atoms with van der Waals surface area (Å²) in [6, 6.07) is 1.12. The van der Waals surface area contributed by atoms with Crippen LogP contribution in [-0.2, 0) is 4.79 Å². The summed E-state index contributed by atoms with van der Waals surface area (Å²) in [4.78, 5) is 15.4. The van der Waals surface area contributed by atoms with Crippen LogP contribution in [0.3, 0.4) is 0 Å². The molecule has 1 saturated carbocycles. The molecule has 80 valence electrons. The standard InChI is InChI=1S/C10H19N3O/c1-12-2-3-13(6-10(12)7-14)9-4-8(11)5-9/h7-10H,2-6,11H2,1H3. The molecular formula is C10H19N3O. The lowest BCUT2D eigenvalue weighted by atomic mass is 9.85. The highest BCUT2D eigenvalue weighted by Gasteiger charge is 2.35. The first kappa shape index (κ1) is 10.1. The van der Waals surface area contributed by atoms with Crippen LogP contribution in [-0.4, -0.2) is 60.9 Å². The molecular weight excluding hydrogens is 178 g/mol. The van der Waals surface area contributed by atoms with Gasteiger partial charge in [0, 0.05) is 31.7 Å². The molecule has 0 radical (unpaired) electrons. The van der Waals surface area contributed by atoms with E-state index in [1.54, 1.807) is 0 Å². The van der Waals surface area contributed by atoms with Crippen molar-refractivity contribution >= 4 is 6.29 Å². The van der Waals surface area contributed by atoms with Crippen LogP contribution in [0.2, 0.25) is 0 Å². The predicted molar refractivity (Wildman–Crippen MR) is 55.1 cm³/mol. The number of piperazine rings is 1. The van der Waals surface area contributed by atoms with Crippen molar-refractivity contribution in [1.82, 2.24) is 9.80 Å². The zero-order valence-corrected chi connectivity index (χ0v) is 8.72. The van der Waals surface area contributed by atoms with E-state index in [2.05, 4.69) is 9.80 Å². The van der Waals surface area contributed by atoms with E-state index in [9.17, 15) is 4.79 Å². The zero-order chi connectivity index (χ0) is 10.1. The van der Waals surface area contributed by atoms with Crippen LogP contribution < -0.4 is 5.73 Å². The third kappa shape index (κ3) is 1.82. The van der Waals surface area contributed by atoms with Gasteiger partial charge in [0.25, 0.3) is 0 Å². The molecule has 2 fully saturated rings. The molecule has 1 unspecified atom stereocenters. The first-order valence-electron chi connectivity index (χ1n) is 5.36. The summed E-state index contributed by atoms with van der Waals surface area (Å²) in [5.74, 6) is 0. The highest BCUT2D eigenvalue weighted by atomic mass is 16.1. The lowest BCUT2D eigenvalue weighted by Crippen LogP contribution is -2.59. The number of rotatable bonds is 2. The average molecular weight is 197 g/mol. The van der Waals surface area contributed by atoms with E-state index >= 15 is 0 Å². The number of hydrogen-bond donors (Lipinski definition) is 1. The van der Waals surface area contributed by atoms with E-state index in [-0.39, 0.29) is 6.04 Å². The number of carbonyl (C=O) groups excluding carboxylic acids is 1. The van der Waals surface area contributed by atoms with Crippen molar-refractivity contribution in [3.8, 4) is 0 Å². The molecule has 2 aliphatic rings. The van der Waals surface area contributed by atoms with Crippen LogP contribution in [0.1, 0.15) is 12.8 Å². The van der Waals surface area contributed by atoms with E-state index in [1.165, 1.54) is 0 Å². The van der Waals surface area contributed by atoms with Crippen molar-refractivity contribution in [2.75, 3.05) is 26.7 Å². The maximum atomic E-state index is 10.8. The van der Waals surface area contributed by atoms with E-state index in [1.807, 2.05) is 7.05 Å². The first-order valence-corrected chi connectivity index (χ1v) is 5.36. The molecule has 0 spiro atoms. The fourth-order valence-electron chi connectivity index (χ4n) is 2.33. The number of nitrogens with two attached hydrogens (primary N) is 1. The summed E-state index contributed by atoms with van der Waals surface area (Å²) in [5.41, 5.74) is 5.76. The van der Waals surface area contributed by atoms with Gasteiger partial charge in [0.2, 0.25) is 0 Å². The summed E-state index contributed by atoms with van der Waals surface area (Å²) in [7, 11) is 2.02. The monoisotopic (exact) mass is 197 g/mol. The van der Waals surface area contributed by atoms with Crippen molar-refractivity contribution in [3.63, 3.8) is 0 Å². The molecule has 1 aliphatic heterocycles. The van der Waals surface area contributed by atoms with E-state index in [4.69, 9.17) is 5.73 Å². The minimum Gasteiger partial charge on any atom is -0.328 e. The number of likely N-dealkylation sites (N-methyl/N-ethyl adjacent to an activating group) is 1. The second kappa shape index (κ2) is 3.96. The summed E-state index contributed by atoms with van der Waals surface area (Å²) >= 11 is 0. The summed E-state index contributed by atoms with van der Waals surface area (Å²) < 4.78 is 0. The summed E-state index contributed by atoms with van der Waals surface area (Å²) in [6.45, 7) is 2.96. The van der Waals surface area contributed by atoms with Crippen molar-refractivity contribution in [3.05, 3.63) is 0 Å². The van der Waals surface area contributed by atoms with Gasteiger partial charge in [-0.2, -0.15) is 0 Å². The molecule has 0 aromatic rings. The van der Waals surface area contributed by atoms with Crippen LogP contribution in [0.15, 0.2) is 0 Å². The van der Waals surface area contributed by atoms with Gasteiger partial charge in [0.15, 0.2) is 0 Å². The molecule has 2 rings (SSSR count). The van der Waals surface area contributed by atoms with Crippen LogP contribution in [0, 0.1) is 0 Å². The van der Waals surface area contributed by atoms with Gasteiger partial charge in [-0.3, -0.25) is 9.80 Å². The third-order valence-corrected chi connectivity index (χ3v) is 3.55. The second-order valence-electron chi connectivity index (χ2n) is 4.56. The molecule has 2 N–H and O–H groups in total. The Kier molecular flexibility index (Phi) is 2.85. The van der Waals surface area contributed by atoms with Crippen LogP contribution in [0.5, 0.6) is 0 Å². The fourth-order valence-corrected chi connectivity index (χ4v) is 2.33. The smallest absolute Gasteiger partial charge is 0.138 e. The topological polar surface area (TPSA) is 49.6 Å². The minimum absolute atomic E-state index is 0.0839. The Morgan fingerprint density at radius 1 is 1.36 bits per heavy atom. The number of aldehydes is 1. The summed E-state index contributed by atoms with van der Waals surface area (Å²) in [5, 5.41) is 0. The molecule has 4 heteroatoms. The molecule has 1 aliphatic carbocycles. The first-order chi connectivity index (χ1) is 6.70. The molecule has 1 saturated heterocycles. The number of carbonyl (C=O) groups is 1.